The Morgan fingerprint density at radius 1 is 0.667 bits per heavy atom. The Morgan fingerprint density at radius 3 is 0.889 bits per heavy atom. The third-order valence-electron chi connectivity index (χ3n) is 0.667. The standard InChI is InChI=1S/C6H6.Cl2P/c1-2-4-6-5-3-1;1-3-2/h1-6H;. The summed E-state index contributed by atoms with van der Waals surface area (Å²) in [6.45, 7) is 0. The summed E-state index contributed by atoms with van der Waals surface area (Å²) in [4.78, 5) is 0. The fraction of sp³-hybridized carbons (Fsp3) is 0. The van der Waals surface area contributed by atoms with Crippen molar-refractivity contribution in [3.05, 3.63) is 36.4 Å². The third-order valence-corrected chi connectivity index (χ3v) is 0.667. The Hall–Kier alpha value is 0.230. The van der Waals surface area contributed by atoms with Gasteiger partial charge >= 0.3 is 0 Å². The highest BCUT2D eigenvalue weighted by Gasteiger charge is 1.57. The number of benzene rings is 1. The number of halogens is 2. The lowest BCUT2D eigenvalue weighted by Crippen LogP contribution is -1.47. The quantitative estimate of drug-likeness (QED) is 0.530. The van der Waals surface area contributed by atoms with E-state index >= 15 is 0 Å². The van der Waals surface area contributed by atoms with Crippen molar-refractivity contribution in [2.24, 2.45) is 0 Å². The molecule has 1 rings (SSSR count). The van der Waals surface area contributed by atoms with E-state index in [0.717, 1.165) is 0 Å². The lowest BCUT2D eigenvalue weighted by atomic mass is 10.4. The van der Waals surface area contributed by atoms with E-state index in [1.165, 1.54) is 0 Å². The van der Waals surface area contributed by atoms with Crippen LogP contribution < -0.4 is 0 Å². The molecule has 0 saturated heterocycles. The minimum Gasteiger partial charge on any atom is -0.0704 e. The zero-order valence-corrected chi connectivity index (χ0v) is 7.07. The van der Waals surface area contributed by atoms with E-state index in [1.807, 2.05) is 36.4 Å². The second-order valence-corrected chi connectivity index (χ2v) is 2.88. The van der Waals surface area contributed by atoms with Gasteiger partial charge in [-0.05, 0) is 0 Å². The second kappa shape index (κ2) is 8.23. The van der Waals surface area contributed by atoms with Gasteiger partial charge in [0.2, 0.25) is 0 Å². The molecule has 0 bridgehead atoms. The van der Waals surface area contributed by atoms with Crippen LogP contribution in [0, 0.1) is 0 Å². The van der Waals surface area contributed by atoms with Crippen molar-refractivity contribution in [2.75, 3.05) is 0 Å². The van der Waals surface area contributed by atoms with Gasteiger partial charge in [-0.15, -0.1) is 0 Å². The average Bonchev–Trinajstić information content (AvgIpc) is 1.93. The van der Waals surface area contributed by atoms with Gasteiger partial charge in [-0.3, -0.25) is 0 Å². The van der Waals surface area contributed by atoms with E-state index in [2.05, 4.69) is 0 Å². The molecule has 1 aromatic carbocycles. The van der Waals surface area contributed by atoms with E-state index in [0.29, 0.717) is 7.29 Å². The molecule has 0 N–H and O–H groups in total. The second-order valence-electron chi connectivity index (χ2n) is 1.22. The van der Waals surface area contributed by atoms with Crippen molar-refractivity contribution in [1.82, 2.24) is 0 Å². The van der Waals surface area contributed by atoms with Gasteiger partial charge in [-0.1, -0.05) is 58.9 Å². The molecule has 0 aromatic heterocycles. The summed E-state index contributed by atoms with van der Waals surface area (Å²) >= 11 is 9.47. The summed E-state index contributed by atoms with van der Waals surface area (Å²) in [7, 11) is 0.361. The van der Waals surface area contributed by atoms with Crippen LogP contribution in [0.3, 0.4) is 0 Å². The maximum atomic E-state index is 4.74. The summed E-state index contributed by atoms with van der Waals surface area (Å²) in [5.74, 6) is 0. The molecule has 0 nitrogen and oxygen atoms in total. The highest BCUT2D eigenvalue weighted by Crippen LogP contribution is 2.19. The Kier molecular flexibility index (Phi) is 8.44. The first-order valence-electron chi connectivity index (χ1n) is 2.34. The molecule has 1 aromatic rings. The molecule has 0 heterocycles. The minimum atomic E-state index is 0.361. The zero-order valence-electron chi connectivity index (χ0n) is 4.67. The predicted octanol–water partition coefficient (Wildman–Crippen LogP) is 3.93. The largest absolute Gasteiger partial charge is 0.141 e. The van der Waals surface area contributed by atoms with Crippen LogP contribution in [0.4, 0.5) is 0 Å². The molecular weight excluding hydrogens is 174 g/mol. The Labute approximate surface area is 66.5 Å². The van der Waals surface area contributed by atoms with Gasteiger partial charge in [-0.2, -0.15) is 0 Å². The predicted molar refractivity (Wildman–Crippen MR) is 45.1 cm³/mol. The van der Waals surface area contributed by atoms with Gasteiger partial charge in [0.1, 0.15) is 7.29 Å². The molecule has 0 aliphatic heterocycles. The van der Waals surface area contributed by atoms with Crippen molar-refractivity contribution in [2.45, 2.75) is 0 Å². The Balaban J connectivity index is 0.000000187. The van der Waals surface area contributed by atoms with E-state index in [4.69, 9.17) is 22.5 Å². The number of hydrogen-bond donors (Lipinski definition) is 0. The van der Waals surface area contributed by atoms with Crippen LogP contribution >= 0.6 is 29.8 Å². The molecule has 0 amide bonds. The molecule has 0 unspecified atom stereocenters. The summed E-state index contributed by atoms with van der Waals surface area (Å²) in [5, 5.41) is 0. The van der Waals surface area contributed by atoms with Crippen molar-refractivity contribution in [3.63, 3.8) is 0 Å². The van der Waals surface area contributed by atoms with Gasteiger partial charge in [-0.25, -0.2) is 0 Å². The van der Waals surface area contributed by atoms with E-state index in [1.54, 1.807) is 0 Å². The van der Waals surface area contributed by atoms with E-state index in [-0.39, 0.29) is 0 Å². The van der Waals surface area contributed by atoms with Gasteiger partial charge < -0.3 is 0 Å². The van der Waals surface area contributed by atoms with Crippen LogP contribution in [0.15, 0.2) is 36.4 Å². The van der Waals surface area contributed by atoms with Crippen LogP contribution in [-0.2, 0) is 0 Å². The van der Waals surface area contributed by atoms with Crippen LogP contribution in [0.5, 0.6) is 0 Å². The molecule has 0 aliphatic rings. The fourth-order valence-electron chi connectivity index (χ4n) is 0.385. The monoisotopic (exact) mass is 179 g/mol. The smallest absolute Gasteiger partial charge is 0.0704 e. The van der Waals surface area contributed by atoms with E-state index in [9.17, 15) is 0 Å². The maximum Gasteiger partial charge on any atom is 0.141 e. The first-order chi connectivity index (χ1) is 4.41. The molecule has 3 heteroatoms. The molecule has 0 saturated carbocycles. The topological polar surface area (TPSA) is 0 Å². The Morgan fingerprint density at radius 2 is 0.778 bits per heavy atom. The zero-order chi connectivity index (χ0) is 6.95. The van der Waals surface area contributed by atoms with Crippen molar-refractivity contribution >= 4 is 29.8 Å². The molecule has 0 spiro atoms. The Bertz CT molecular complexity index is 93.9. The van der Waals surface area contributed by atoms with Crippen molar-refractivity contribution in [3.8, 4) is 0 Å². The molecule has 1 radical (unpaired) electrons. The molecule has 0 atom stereocenters. The fourth-order valence-corrected chi connectivity index (χ4v) is 0.385. The van der Waals surface area contributed by atoms with Gasteiger partial charge in [0.05, 0.1) is 0 Å². The van der Waals surface area contributed by atoms with Crippen molar-refractivity contribution < 1.29 is 0 Å². The van der Waals surface area contributed by atoms with Crippen LogP contribution in [0.1, 0.15) is 0 Å². The van der Waals surface area contributed by atoms with Gasteiger partial charge in [0.15, 0.2) is 0 Å². The highest BCUT2D eigenvalue weighted by molar-refractivity contribution is 7.90. The van der Waals surface area contributed by atoms with E-state index < -0.39 is 0 Å². The summed E-state index contributed by atoms with van der Waals surface area (Å²) in [6.07, 6.45) is 0. The molecule has 49 valence electrons. The first kappa shape index (κ1) is 9.23. The molecule has 9 heavy (non-hydrogen) atoms. The molecule has 0 fully saturated rings. The molecule has 0 aliphatic carbocycles. The number of rotatable bonds is 0. The summed E-state index contributed by atoms with van der Waals surface area (Å²) < 4.78 is 0. The number of hydrogen-bond acceptors (Lipinski definition) is 0. The lowest BCUT2D eigenvalue weighted by Gasteiger charge is -1.69. The van der Waals surface area contributed by atoms with Crippen LogP contribution in [-0.4, -0.2) is 0 Å². The average molecular weight is 180 g/mol. The highest BCUT2D eigenvalue weighted by atomic mass is 35.9. The minimum absolute atomic E-state index is 0.361. The van der Waals surface area contributed by atoms with Crippen LogP contribution in [0.2, 0.25) is 0 Å². The maximum absolute atomic E-state index is 4.74. The van der Waals surface area contributed by atoms with Gasteiger partial charge in [0, 0.05) is 0 Å². The first-order valence-corrected chi connectivity index (χ1v) is 5.04. The summed E-state index contributed by atoms with van der Waals surface area (Å²) in [6, 6.07) is 12.0. The van der Waals surface area contributed by atoms with Crippen molar-refractivity contribution in [1.29, 1.82) is 0 Å². The van der Waals surface area contributed by atoms with Gasteiger partial charge in [0.25, 0.3) is 0 Å². The lowest BCUT2D eigenvalue weighted by molar-refractivity contribution is 1.72. The molecular formula is C6H6Cl2P. The SMILES string of the molecule is Cl[P]Cl.c1ccccc1. The summed E-state index contributed by atoms with van der Waals surface area (Å²) in [5.41, 5.74) is 0. The van der Waals surface area contributed by atoms with Crippen LogP contribution in [0.25, 0.3) is 0 Å². The third kappa shape index (κ3) is 8.23. The normalized spacial score (nSPS) is 7.33.